The molecule has 11 heteroatoms. The summed E-state index contributed by atoms with van der Waals surface area (Å²) in [6.07, 6.45) is -0.312. The molecule has 3 aromatic rings. The number of aryl methyl sites for hydroxylation is 1. The second kappa shape index (κ2) is 8.67. The zero-order chi connectivity index (χ0) is 24.8. The number of nitrogens with zero attached hydrogens (tertiary/aromatic N) is 3. The summed E-state index contributed by atoms with van der Waals surface area (Å²) >= 11 is 0. The zero-order valence-electron chi connectivity index (χ0n) is 18.4. The number of benzene rings is 1. The SMILES string of the molecule is Cc1ccc2c(C#N)c(-c3ccc(S(=O)(=O)NC(C)C(F)(F)F)cn3)n(C3CCCC3)c2c1F. The number of aromatic nitrogens is 2. The zero-order valence-corrected chi connectivity index (χ0v) is 19.3. The summed E-state index contributed by atoms with van der Waals surface area (Å²) in [4.78, 5) is 3.73. The number of hydrogen-bond donors (Lipinski definition) is 1. The molecule has 1 aromatic carbocycles. The Labute approximate surface area is 194 Å². The van der Waals surface area contributed by atoms with Gasteiger partial charge in [-0.25, -0.2) is 12.8 Å². The Bertz CT molecular complexity index is 1380. The van der Waals surface area contributed by atoms with Crippen molar-refractivity contribution >= 4 is 20.9 Å². The number of hydrogen-bond acceptors (Lipinski definition) is 4. The number of nitriles is 1. The van der Waals surface area contributed by atoms with E-state index in [0.29, 0.717) is 29.1 Å². The van der Waals surface area contributed by atoms with Crippen molar-refractivity contribution in [3.8, 4) is 17.5 Å². The van der Waals surface area contributed by atoms with E-state index in [1.54, 1.807) is 28.3 Å². The van der Waals surface area contributed by atoms with Gasteiger partial charge in [0.05, 0.1) is 22.5 Å². The van der Waals surface area contributed by atoms with Gasteiger partial charge in [0, 0.05) is 17.6 Å². The van der Waals surface area contributed by atoms with Crippen molar-refractivity contribution in [3.63, 3.8) is 0 Å². The summed E-state index contributed by atoms with van der Waals surface area (Å²) in [7, 11) is -4.48. The van der Waals surface area contributed by atoms with E-state index in [1.165, 1.54) is 6.07 Å². The molecule has 0 spiro atoms. The molecule has 0 aliphatic heterocycles. The third-order valence-corrected chi connectivity index (χ3v) is 7.74. The number of halogens is 4. The van der Waals surface area contributed by atoms with Gasteiger partial charge in [0.25, 0.3) is 0 Å². The van der Waals surface area contributed by atoms with Gasteiger partial charge in [0.1, 0.15) is 22.8 Å². The summed E-state index contributed by atoms with van der Waals surface area (Å²) < 4.78 is 81.9. The van der Waals surface area contributed by atoms with Gasteiger partial charge in [-0.05, 0) is 44.4 Å². The molecular weight excluding hydrogens is 472 g/mol. The normalized spacial score (nSPS) is 16.1. The fraction of sp³-hybridized carbons (Fsp3) is 0.391. The smallest absolute Gasteiger partial charge is 0.333 e. The topological polar surface area (TPSA) is 87.8 Å². The fourth-order valence-corrected chi connectivity index (χ4v) is 5.58. The van der Waals surface area contributed by atoms with Crippen LogP contribution in [0.25, 0.3) is 22.3 Å². The number of nitrogens with one attached hydrogen (secondary N) is 1. The van der Waals surface area contributed by atoms with Crippen LogP contribution in [0, 0.1) is 24.1 Å². The predicted molar refractivity (Wildman–Crippen MR) is 118 cm³/mol. The third-order valence-electron chi connectivity index (χ3n) is 6.21. The molecule has 0 bridgehead atoms. The van der Waals surface area contributed by atoms with E-state index >= 15 is 4.39 Å². The van der Waals surface area contributed by atoms with Gasteiger partial charge < -0.3 is 4.57 Å². The Morgan fingerprint density at radius 3 is 2.44 bits per heavy atom. The third kappa shape index (κ3) is 4.16. The van der Waals surface area contributed by atoms with Crippen molar-refractivity contribution in [1.82, 2.24) is 14.3 Å². The molecule has 1 N–H and O–H groups in total. The molecule has 1 aliphatic rings. The van der Waals surface area contributed by atoms with Crippen molar-refractivity contribution in [1.29, 1.82) is 5.26 Å². The van der Waals surface area contributed by atoms with E-state index in [-0.39, 0.29) is 17.3 Å². The van der Waals surface area contributed by atoms with Crippen LogP contribution in [0.5, 0.6) is 0 Å². The van der Waals surface area contributed by atoms with Crippen LogP contribution in [0.3, 0.4) is 0 Å². The van der Waals surface area contributed by atoms with Crippen LogP contribution >= 0.6 is 0 Å². The molecule has 2 aromatic heterocycles. The highest BCUT2D eigenvalue weighted by molar-refractivity contribution is 7.89. The quantitative estimate of drug-likeness (QED) is 0.484. The van der Waals surface area contributed by atoms with Crippen LogP contribution in [-0.2, 0) is 10.0 Å². The molecule has 1 atom stereocenters. The molecule has 2 heterocycles. The largest absolute Gasteiger partial charge is 0.404 e. The van der Waals surface area contributed by atoms with Gasteiger partial charge in [-0.1, -0.05) is 25.0 Å². The van der Waals surface area contributed by atoms with Gasteiger partial charge in [-0.3, -0.25) is 4.98 Å². The van der Waals surface area contributed by atoms with E-state index in [0.717, 1.165) is 37.9 Å². The van der Waals surface area contributed by atoms with E-state index in [9.17, 15) is 26.9 Å². The molecule has 6 nitrogen and oxygen atoms in total. The first-order valence-corrected chi connectivity index (χ1v) is 12.2. The molecule has 34 heavy (non-hydrogen) atoms. The van der Waals surface area contributed by atoms with Gasteiger partial charge >= 0.3 is 6.18 Å². The van der Waals surface area contributed by atoms with Crippen LogP contribution in [-0.4, -0.2) is 30.2 Å². The molecule has 1 aliphatic carbocycles. The monoisotopic (exact) mass is 494 g/mol. The minimum Gasteiger partial charge on any atom is -0.333 e. The second-order valence-electron chi connectivity index (χ2n) is 8.50. The van der Waals surface area contributed by atoms with Crippen LogP contribution in [0.4, 0.5) is 17.6 Å². The number of alkyl halides is 3. The first-order valence-electron chi connectivity index (χ1n) is 10.7. The van der Waals surface area contributed by atoms with Gasteiger partial charge in [-0.2, -0.15) is 23.2 Å². The maximum atomic E-state index is 15.3. The lowest BCUT2D eigenvalue weighted by atomic mass is 10.1. The molecule has 0 saturated heterocycles. The van der Waals surface area contributed by atoms with E-state index < -0.39 is 33.0 Å². The summed E-state index contributed by atoms with van der Waals surface area (Å²) in [5.41, 5.74) is 1.55. The Kier molecular flexibility index (Phi) is 6.16. The maximum absolute atomic E-state index is 15.3. The highest BCUT2D eigenvalue weighted by Gasteiger charge is 2.39. The van der Waals surface area contributed by atoms with Gasteiger partial charge in [0.15, 0.2) is 0 Å². The van der Waals surface area contributed by atoms with Crippen LogP contribution in [0.2, 0.25) is 0 Å². The van der Waals surface area contributed by atoms with Crippen molar-refractivity contribution in [2.45, 2.75) is 62.7 Å². The standard InChI is InChI=1S/C23H22F4N4O2S/c1-13-7-9-17-18(11-28)21(31(22(17)20(13)24)15-5-3-4-6-15)19-10-8-16(12-29-19)34(32,33)30-14(2)23(25,26)27/h7-10,12,14-15,30H,3-6H2,1-2H3. The Morgan fingerprint density at radius 2 is 1.88 bits per heavy atom. The highest BCUT2D eigenvalue weighted by atomic mass is 32.2. The molecule has 180 valence electrons. The van der Waals surface area contributed by atoms with Gasteiger partial charge in [-0.15, -0.1) is 0 Å². The number of fused-ring (bicyclic) bond motifs is 1. The maximum Gasteiger partial charge on any atom is 0.404 e. The Morgan fingerprint density at radius 1 is 1.21 bits per heavy atom. The van der Waals surface area contributed by atoms with Gasteiger partial charge in [0.2, 0.25) is 10.0 Å². The predicted octanol–water partition coefficient (Wildman–Crippen LogP) is 5.37. The first kappa shape index (κ1) is 24.2. The summed E-state index contributed by atoms with van der Waals surface area (Å²) in [6.45, 7) is 2.34. The number of rotatable bonds is 5. The Balaban J connectivity index is 1.85. The summed E-state index contributed by atoms with van der Waals surface area (Å²) in [5.74, 6) is -0.434. The summed E-state index contributed by atoms with van der Waals surface area (Å²) in [6, 6.07) is 5.53. The van der Waals surface area contributed by atoms with E-state index in [1.807, 2.05) is 0 Å². The molecule has 0 amide bonds. The lowest BCUT2D eigenvalue weighted by molar-refractivity contribution is -0.147. The molecule has 1 unspecified atom stereocenters. The molecule has 1 saturated carbocycles. The highest BCUT2D eigenvalue weighted by Crippen LogP contribution is 2.42. The second-order valence-corrected chi connectivity index (χ2v) is 10.2. The Hall–Kier alpha value is -2.97. The van der Waals surface area contributed by atoms with Crippen molar-refractivity contribution in [3.05, 3.63) is 47.4 Å². The minimum absolute atomic E-state index is 0.0598. The van der Waals surface area contributed by atoms with E-state index in [2.05, 4.69) is 11.1 Å². The average Bonchev–Trinajstić information content (AvgIpc) is 3.41. The van der Waals surface area contributed by atoms with Crippen LogP contribution in [0.1, 0.15) is 49.8 Å². The average molecular weight is 495 g/mol. The lowest BCUT2D eigenvalue weighted by Crippen LogP contribution is -2.42. The molecule has 1 fully saturated rings. The van der Waals surface area contributed by atoms with Crippen molar-refractivity contribution in [2.24, 2.45) is 0 Å². The number of pyridine rings is 1. The molecule has 0 radical (unpaired) electrons. The van der Waals surface area contributed by atoms with Crippen molar-refractivity contribution < 1.29 is 26.0 Å². The fourth-order valence-electron chi connectivity index (χ4n) is 4.40. The summed E-state index contributed by atoms with van der Waals surface area (Å²) in [5, 5.41) is 10.4. The molecule has 4 rings (SSSR count). The van der Waals surface area contributed by atoms with Crippen LogP contribution < -0.4 is 4.72 Å². The number of sulfonamides is 1. The lowest BCUT2D eigenvalue weighted by Gasteiger charge is -2.19. The van der Waals surface area contributed by atoms with E-state index in [4.69, 9.17) is 0 Å². The minimum atomic E-state index is -4.74. The van der Waals surface area contributed by atoms with Crippen molar-refractivity contribution in [2.75, 3.05) is 0 Å². The molecular formula is C23H22F4N4O2S. The first-order chi connectivity index (χ1) is 16.0. The van der Waals surface area contributed by atoms with Crippen LogP contribution in [0.15, 0.2) is 35.4 Å².